The van der Waals surface area contributed by atoms with Crippen molar-refractivity contribution >= 4 is 0 Å². The second kappa shape index (κ2) is 3.30. The Labute approximate surface area is 59.5 Å². The average Bonchev–Trinajstić information content (AvgIpc) is 1.95. The predicted molar refractivity (Wildman–Crippen MR) is 34.2 cm³/mol. The van der Waals surface area contributed by atoms with Gasteiger partial charge in [-0.05, 0) is 0 Å². The van der Waals surface area contributed by atoms with Gasteiger partial charge < -0.3 is 20.6 Å². The van der Waals surface area contributed by atoms with E-state index in [-0.39, 0.29) is 12.5 Å². The molecule has 4 nitrogen and oxygen atoms in total. The van der Waals surface area contributed by atoms with Gasteiger partial charge in [0.05, 0.1) is 25.2 Å². The maximum atomic E-state index is 9.21. The highest BCUT2D eigenvalue weighted by atomic mass is 16.3. The van der Waals surface area contributed by atoms with Gasteiger partial charge in [-0.15, -0.1) is 0 Å². The molecular weight excluding hydrogens is 134 g/mol. The first kappa shape index (κ1) is 7.94. The summed E-state index contributed by atoms with van der Waals surface area (Å²) in [5, 5.41) is 28.9. The van der Waals surface area contributed by atoms with E-state index in [1.807, 2.05) is 5.32 Å². The predicted octanol–water partition coefficient (Wildman–Crippen LogP) is -3.11. The Hall–Kier alpha value is -0.160. The molecule has 0 aliphatic carbocycles. The first-order valence-corrected chi connectivity index (χ1v) is 3.54. The third-order valence-electron chi connectivity index (χ3n) is 1.99. The molecule has 0 aromatic heterocycles. The molecule has 0 aromatic rings. The lowest BCUT2D eigenvalue weighted by Crippen LogP contribution is -2.92. The van der Waals surface area contributed by atoms with Crippen LogP contribution < -0.4 is 5.32 Å². The van der Waals surface area contributed by atoms with Gasteiger partial charge in [0.2, 0.25) is 0 Å². The number of piperidine rings is 1. The van der Waals surface area contributed by atoms with E-state index in [0.717, 1.165) is 0 Å². The first-order valence-electron chi connectivity index (χ1n) is 3.54. The molecule has 3 atom stereocenters. The fourth-order valence-electron chi connectivity index (χ4n) is 1.26. The van der Waals surface area contributed by atoms with Gasteiger partial charge in [-0.2, -0.15) is 0 Å². The summed E-state index contributed by atoms with van der Waals surface area (Å²) in [6.45, 7) is 1.20. The van der Waals surface area contributed by atoms with Crippen LogP contribution in [-0.4, -0.2) is 47.2 Å². The molecule has 1 heterocycles. The van der Waals surface area contributed by atoms with Crippen LogP contribution in [0.15, 0.2) is 0 Å². The van der Waals surface area contributed by atoms with E-state index in [0.29, 0.717) is 13.1 Å². The van der Waals surface area contributed by atoms with E-state index in [1.165, 1.54) is 0 Å². The lowest BCUT2D eigenvalue weighted by molar-refractivity contribution is -0.680. The molecule has 1 aliphatic rings. The molecule has 1 rings (SSSR count). The minimum atomic E-state index is -0.741. The zero-order valence-corrected chi connectivity index (χ0v) is 5.77. The van der Waals surface area contributed by atoms with Gasteiger partial charge in [0.25, 0.3) is 0 Å². The van der Waals surface area contributed by atoms with Crippen molar-refractivity contribution in [3.8, 4) is 0 Å². The van der Waals surface area contributed by atoms with Gasteiger partial charge in [0, 0.05) is 0 Å². The molecule has 0 bridgehead atoms. The molecule has 0 aromatic carbocycles. The molecular formula is C6H14NO3+. The second-order valence-electron chi connectivity index (χ2n) is 2.76. The lowest BCUT2D eigenvalue weighted by Gasteiger charge is -2.28. The summed E-state index contributed by atoms with van der Waals surface area (Å²) in [5.74, 6) is -0.163. The van der Waals surface area contributed by atoms with Gasteiger partial charge in [-0.25, -0.2) is 0 Å². The van der Waals surface area contributed by atoms with E-state index >= 15 is 0 Å². The number of quaternary nitrogens is 1. The third kappa shape index (κ3) is 1.46. The van der Waals surface area contributed by atoms with Crippen molar-refractivity contribution < 1.29 is 20.6 Å². The number of hydrogen-bond acceptors (Lipinski definition) is 3. The van der Waals surface area contributed by atoms with Crippen LogP contribution in [0.4, 0.5) is 0 Å². The van der Waals surface area contributed by atoms with Crippen molar-refractivity contribution in [3.63, 3.8) is 0 Å². The van der Waals surface area contributed by atoms with E-state index < -0.39 is 12.2 Å². The van der Waals surface area contributed by atoms with Crippen LogP contribution >= 0.6 is 0 Å². The maximum Gasteiger partial charge on any atom is 0.129 e. The highest BCUT2D eigenvalue weighted by Gasteiger charge is 2.32. The van der Waals surface area contributed by atoms with E-state index in [2.05, 4.69) is 0 Å². The molecule has 0 saturated carbocycles. The Morgan fingerprint density at radius 2 is 2.00 bits per heavy atom. The van der Waals surface area contributed by atoms with Crippen LogP contribution in [0.1, 0.15) is 0 Å². The minimum Gasteiger partial charge on any atom is -0.396 e. The summed E-state index contributed by atoms with van der Waals surface area (Å²) < 4.78 is 0. The minimum absolute atomic E-state index is 0.0469. The summed E-state index contributed by atoms with van der Waals surface area (Å²) in [6.07, 6.45) is -1.42. The van der Waals surface area contributed by atoms with E-state index in [9.17, 15) is 5.11 Å². The van der Waals surface area contributed by atoms with Crippen molar-refractivity contribution in [2.45, 2.75) is 12.2 Å². The fraction of sp³-hybridized carbons (Fsp3) is 1.00. The quantitative estimate of drug-likeness (QED) is 0.318. The Kier molecular flexibility index (Phi) is 2.62. The molecule has 5 N–H and O–H groups in total. The van der Waals surface area contributed by atoms with Gasteiger partial charge in [-0.3, -0.25) is 0 Å². The smallest absolute Gasteiger partial charge is 0.129 e. The third-order valence-corrected chi connectivity index (χ3v) is 1.99. The molecule has 4 heteroatoms. The highest BCUT2D eigenvalue weighted by Crippen LogP contribution is 2.06. The molecule has 0 spiro atoms. The van der Waals surface area contributed by atoms with Crippen molar-refractivity contribution in [1.29, 1.82) is 0 Å². The Balaban J connectivity index is 2.42. The van der Waals surface area contributed by atoms with Gasteiger partial charge >= 0.3 is 0 Å². The topological polar surface area (TPSA) is 77.3 Å². The van der Waals surface area contributed by atoms with Crippen LogP contribution in [0.3, 0.4) is 0 Å². The van der Waals surface area contributed by atoms with Crippen LogP contribution in [0.2, 0.25) is 0 Å². The zero-order chi connectivity index (χ0) is 7.56. The summed E-state index contributed by atoms with van der Waals surface area (Å²) in [4.78, 5) is 0. The van der Waals surface area contributed by atoms with Crippen LogP contribution in [0.25, 0.3) is 0 Å². The Morgan fingerprint density at radius 1 is 1.30 bits per heavy atom. The first-order chi connectivity index (χ1) is 4.75. The molecule has 0 unspecified atom stereocenters. The maximum absolute atomic E-state index is 9.21. The van der Waals surface area contributed by atoms with Crippen LogP contribution in [0.5, 0.6) is 0 Å². The monoisotopic (exact) mass is 148 g/mol. The molecule has 1 saturated heterocycles. The lowest BCUT2D eigenvalue weighted by atomic mass is 9.95. The van der Waals surface area contributed by atoms with Crippen LogP contribution in [-0.2, 0) is 0 Å². The zero-order valence-electron chi connectivity index (χ0n) is 5.77. The SMILES string of the molecule is OC[C@H]1C[NH2+]C[C@H](O)[C@H]1O. The molecule has 60 valence electrons. The summed E-state index contributed by atoms with van der Waals surface area (Å²) in [7, 11) is 0. The number of rotatable bonds is 1. The van der Waals surface area contributed by atoms with Crippen molar-refractivity contribution in [3.05, 3.63) is 0 Å². The average molecular weight is 148 g/mol. The molecule has 1 aliphatic heterocycles. The summed E-state index contributed by atoms with van der Waals surface area (Å²) in [5.41, 5.74) is 0. The number of aliphatic hydroxyl groups excluding tert-OH is 3. The van der Waals surface area contributed by atoms with Gasteiger partial charge in [0.15, 0.2) is 0 Å². The van der Waals surface area contributed by atoms with E-state index in [1.54, 1.807) is 0 Å². The van der Waals surface area contributed by atoms with Crippen molar-refractivity contribution in [1.82, 2.24) is 0 Å². The molecule has 1 fully saturated rings. The summed E-state index contributed by atoms with van der Waals surface area (Å²) in [6, 6.07) is 0. The van der Waals surface area contributed by atoms with Gasteiger partial charge in [-0.1, -0.05) is 0 Å². The largest absolute Gasteiger partial charge is 0.396 e. The summed E-state index contributed by atoms with van der Waals surface area (Å²) >= 11 is 0. The second-order valence-corrected chi connectivity index (χ2v) is 2.76. The van der Waals surface area contributed by atoms with Crippen molar-refractivity contribution in [2.75, 3.05) is 19.7 Å². The molecule has 0 amide bonds. The fourth-order valence-corrected chi connectivity index (χ4v) is 1.26. The Bertz CT molecular complexity index is 109. The standard InChI is InChI=1S/C6H13NO3/c8-3-4-1-7-2-5(9)6(4)10/h4-10H,1-3H2/p+1/t4-,5+,6+/m1/s1. The number of hydrogen-bond donors (Lipinski definition) is 4. The molecule has 10 heavy (non-hydrogen) atoms. The molecule has 0 radical (unpaired) electrons. The number of aliphatic hydroxyl groups is 3. The Morgan fingerprint density at radius 3 is 2.50 bits per heavy atom. The van der Waals surface area contributed by atoms with Crippen molar-refractivity contribution in [2.24, 2.45) is 5.92 Å². The van der Waals surface area contributed by atoms with Crippen LogP contribution in [0, 0.1) is 5.92 Å². The van der Waals surface area contributed by atoms with E-state index in [4.69, 9.17) is 10.2 Å². The highest BCUT2D eigenvalue weighted by molar-refractivity contribution is 4.76. The number of nitrogens with two attached hydrogens (primary N) is 1. The normalized spacial score (nSPS) is 41.7. The van der Waals surface area contributed by atoms with Gasteiger partial charge in [0.1, 0.15) is 12.6 Å².